The highest BCUT2D eigenvalue weighted by molar-refractivity contribution is 5.89. The van der Waals surface area contributed by atoms with Crippen molar-refractivity contribution in [3.63, 3.8) is 0 Å². The zero-order chi connectivity index (χ0) is 12.7. The first-order valence-electron chi connectivity index (χ1n) is 6.30. The van der Waals surface area contributed by atoms with Crippen LogP contribution in [0.15, 0.2) is 18.2 Å². The molecular formula is C14H16NO3-. The number of carbonyl (C=O) groups excluding carboxylic acids is 1. The molecule has 1 aliphatic heterocycles. The molecule has 0 amide bonds. The minimum absolute atomic E-state index is 0.0344. The van der Waals surface area contributed by atoms with Gasteiger partial charge in [-0.3, -0.25) is 4.79 Å². The van der Waals surface area contributed by atoms with Crippen molar-refractivity contribution in [3.8, 4) is 5.75 Å². The van der Waals surface area contributed by atoms with Crippen molar-refractivity contribution < 1.29 is 9.53 Å². The third kappa shape index (κ3) is 1.82. The SMILES string of the molecule is COc1ccc2c(c1)CCC1CN([O-])CC(=O)C21. The number of rotatable bonds is 1. The van der Waals surface area contributed by atoms with Crippen molar-refractivity contribution >= 4 is 5.78 Å². The molecule has 4 heteroatoms. The van der Waals surface area contributed by atoms with Crippen LogP contribution in [0, 0.1) is 11.1 Å². The van der Waals surface area contributed by atoms with Crippen LogP contribution in [-0.2, 0) is 11.2 Å². The van der Waals surface area contributed by atoms with Crippen LogP contribution in [-0.4, -0.2) is 31.0 Å². The minimum atomic E-state index is -0.0788. The number of methoxy groups -OCH3 is 1. The predicted octanol–water partition coefficient (Wildman–Crippen LogP) is 1.72. The van der Waals surface area contributed by atoms with Crippen molar-refractivity contribution in [1.29, 1.82) is 0 Å². The van der Waals surface area contributed by atoms with E-state index in [0.717, 1.165) is 29.2 Å². The Hall–Kier alpha value is -1.39. The number of nitrogens with zero attached hydrogens (tertiary/aromatic N) is 1. The van der Waals surface area contributed by atoms with Crippen LogP contribution in [0.3, 0.4) is 0 Å². The van der Waals surface area contributed by atoms with Gasteiger partial charge in [0.15, 0.2) is 5.78 Å². The van der Waals surface area contributed by atoms with E-state index in [1.165, 1.54) is 5.56 Å². The number of aryl methyl sites for hydroxylation is 1. The molecule has 0 bridgehead atoms. The molecule has 4 nitrogen and oxygen atoms in total. The second kappa shape index (κ2) is 4.37. The third-order valence-corrected chi connectivity index (χ3v) is 4.06. The van der Waals surface area contributed by atoms with Gasteiger partial charge in [0.1, 0.15) is 5.75 Å². The second-order valence-electron chi connectivity index (χ2n) is 5.13. The van der Waals surface area contributed by atoms with Gasteiger partial charge >= 0.3 is 0 Å². The van der Waals surface area contributed by atoms with Gasteiger partial charge in [-0.25, -0.2) is 0 Å². The van der Waals surface area contributed by atoms with E-state index in [-0.39, 0.29) is 24.2 Å². The Kier molecular flexibility index (Phi) is 2.84. The summed E-state index contributed by atoms with van der Waals surface area (Å²) in [5, 5.41) is 12.3. The van der Waals surface area contributed by atoms with Gasteiger partial charge in [0.25, 0.3) is 0 Å². The molecule has 1 fully saturated rings. The number of piperidine rings is 1. The monoisotopic (exact) mass is 246 g/mol. The molecule has 0 N–H and O–H groups in total. The van der Waals surface area contributed by atoms with E-state index in [1.54, 1.807) is 7.11 Å². The maximum atomic E-state index is 12.1. The largest absolute Gasteiger partial charge is 0.785 e. The van der Waals surface area contributed by atoms with Gasteiger partial charge in [0.05, 0.1) is 7.11 Å². The normalized spacial score (nSPS) is 27.6. The average Bonchev–Trinajstić information content (AvgIpc) is 2.37. The molecule has 0 saturated carbocycles. The number of Topliss-reactive ketones (excluding diaryl/α,β-unsaturated/α-hetero) is 1. The second-order valence-corrected chi connectivity index (χ2v) is 5.13. The first kappa shape index (κ1) is 11.7. The molecule has 0 aromatic heterocycles. The fourth-order valence-corrected chi connectivity index (χ4v) is 3.22. The molecule has 2 atom stereocenters. The van der Waals surface area contributed by atoms with Crippen LogP contribution in [0.25, 0.3) is 0 Å². The highest BCUT2D eigenvalue weighted by Gasteiger charge is 2.37. The highest BCUT2D eigenvalue weighted by Crippen LogP contribution is 2.40. The van der Waals surface area contributed by atoms with Gasteiger partial charge in [0, 0.05) is 12.5 Å². The summed E-state index contributed by atoms with van der Waals surface area (Å²) in [6.07, 6.45) is 1.84. The molecule has 1 heterocycles. The number of carbonyl (C=O) groups is 1. The van der Waals surface area contributed by atoms with E-state index >= 15 is 0 Å². The molecule has 1 saturated heterocycles. The molecule has 1 aromatic carbocycles. The van der Waals surface area contributed by atoms with Gasteiger partial charge in [-0.05, 0) is 48.6 Å². The molecule has 2 unspecified atom stereocenters. The minimum Gasteiger partial charge on any atom is -0.785 e. The summed E-state index contributed by atoms with van der Waals surface area (Å²) < 4.78 is 5.22. The summed E-state index contributed by atoms with van der Waals surface area (Å²) in [6, 6.07) is 5.91. The Morgan fingerprint density at radius 2 is 2.28 bits per heavy atom. The molecule has 1 aromatic rings. The topological polar surface area (TPSA) is 52.6 Å². The number of hydrogen-bond acceptors (Lipinski definition) is 4. The number of fused-ring (bicyclic) bond motifs is 3. The number of benzene rings is 1. The molecule has 96 valence electrons. The van der Waals surface area contributed by atoms with Crippen LogP contribution in [0.2, 0.25) is 0 Å². The van der Waals surface area contributed by atoms with Gasteiger partial charge < -0.3 is 15.0 Å². The summed E-state index contributed by atoms with van der Waals surface area (Å²) in [5.41, 5.74) is 2.30. The lowest BCUT2D eigenvalue weighted by molar-refractivity contribution is -0.125. The Labute approximate surface area is 106 Å². The van der Waals surface area contributed by atoms with Crippen molar-refractivity contribution in [2.24, 2.45) is 5.92 Å². The Balaban J connectivity index is 1.99. The lowest BCUT2D eigenvalue weighted by atomic mass is 9.71. The van der Waals surface area contributed by atoms with E-state index in [0.29, 0.717) is 6.54 Å². The number of hydroxylamine groups is 2. The standard InChI is InChI=1S/C14H16NO3/c1-18-11-4-5-12-9(6-11)2-3-10-7-15(17)8-13(16)14(10)12/h4-6,10,14H,2-3,7-8H2,1H3/q-1. The zero-order valence-corrected chi connectivity index (χ0v) is 10.4. The maximum Gasteiger partial charge on any atom is 0.153 e. The maximum absolute atomic E-state index is 12.1. The van der Waals surface area contributed by atoms with Gasteiger partial charge in [-0.15, -0.1) is 0 Å². The van der Waals surface area contributed by atoms with E-state index in [4.69, 9.17) is 4.74 Å². The van der Waals surface area contributed by atoms with Gasteiger partial charge in [-0.2, -0.15) is 0 Å². The number of hydrogen-bond donors (Lipinski definition) is 0. The van der Waals surface area contributed by atoms with Gasteiger partial charge in [0.2, 0.25) is 0 Å². The van der Waals surface area contributed by atoms with E-state index in [2.05, 4.69) is 0 Å². The van der Waals surface area contributed by atoms with E-state index < -0.39 is 0 Å². The Bertz CT molecular complexity index is 486. The summed E-state index contributed by atoms with van der Waals surface area (Å²) in [6.45, 7) is 0.522. The Morgan fingerprint density at radius 1 is 1.44 bits per heavy atom. The number of ether oxygens (including phenoxy) is 1. The molecular weight excluding hydrogens is 230 g/mol. The molecule has 18 heavy (non-hydrogen) atoms. The molecule has 3 rings (SSSR count). The Morgan fingerprint density at radius 3 is 3.06 bits per heavy atom. The molecule has 0 radical (unpaired) electrons. The molecule has 0 spiro atoms. The van der Waals surface area contributed by atoms with E-state index in [9.17, 15) is 10.0 Å². The van der Waals surface area contributed by atoms with E-state index in [1.807, 2.05) is 18.2 Å². The van der Waals surface area contributed by atoms with Crippen LogP contribution in [0.1, 0.15) is 23.5 Å². The first-order valence-corrected chi connectivity index (χ1v) is 6.30. The van der Waals surface area contributed by atoms with Crippen LogP contribution < -0.4 is 4.74 Å². The van der Waals surface area contributed by atoms with Crippen molar-refractivity contribution in [3.05, 3.63) is 34.5 Å². The van der Waals surface area contributed by atoms with Crippen molar-refractivity contribution in [2.75, 3.05) is 20.2 Å². The van der Waals surface area contributed by atoms with Crippen LogP contribution >= 0.6 is 0 Å². The number of ketones is 1. The van der Waals surface area contributed by atoms with Crippen LogP contribution in [0.5, 0.6) is 5.75 Å². The highest BCUT2D eigenvalue weighted by atomic mass is 16.5. The first-order chi connectivity index (χ1) is 8.69. The lowest BCUT2D eigenvalue weighted by Gasteiger charge is -2.44. The third-order valence-electron chi connectivity index (χ3n) is 4.06. The molecule has 1 aliphatic carbocycles. The smallest absolute Gasteiger partial charge is 0.153 e. The summed E-state index contributed by atoms with van der Waals surface area (Å²) in [7, 11) is 1.65. The lowest BCUT2D eigenvalue weighted by Crippen LogP contribution is -2.44. The fourth-order valence-electron chi connectivity index (χ4n) is 3.22. The fraction of sp³-hybridized carbons (Fsp3) is 0.500. The van der Waals surface area contributed by atoms with Crippen molar-refractivity contribution in [1.82, 2.24) is 5.06 Å². The average molecular weight is 246 g/mol. The zero-order valence-electron chi connectivity index (χ0n) is 10.4. The van der Waals surface area contributed by atoms with Gasteiger partial charge in [-0.1, -0.05) is 6.07 Å². The summed E-state index contributed by atoms with van der Waals surface area (Å²) in [5.74, 6) is 1.00. The summed E-state index contributed by atoms with van der Waals surface area (Å²) in [4.78, 5) is 12.1. The van der Waals surface area contributed by atoms with Crippen LogP contribution in [0.4, 0.5) is 0 Å². The van der Waals surface area contributed by atoms with Crippen molar-refractivity contribution in [2.45, 2.75) is 18.8 Å². The summed E-state index contributed by atoms with van der Waals surface area (Å²) >= 11 is 0. The predicted molar refractivity (Wildman–Crippen MR) is 67.5 cm³/mol. The molecule has 2 aliphatic rings. The quantitative estimate of drug-likeness (QED) is 0.757.